The molecule has 0 fully saturated rings. The molecule has 0 unspecified atom stereocenters. The Balaban J connectivity index is 1.81. The largest absolute Gasteiger partial charge is 0.573 e. The highest BCUT2D eigenvalue weighted by Gasteiger charge is 2.31. The summed E-state index contributed by atoms with van der Waals surface area (Å²) in [6.07, 6.45) is -4.96. The summed E-state index contributed by atoms with van der Waals surface area (Å²) in [4.78, 5) is 23.8. The number of hydrogen-bond donors (Lipinski definition) is 2. The van der Waals surface area contributed by atoms with Gasteiger partial charge in [0.15, 0.2) is 0 Å². The Labute approximate surface area is 162 Å². The molecule has 0 atom stereocenters. The first kappa shape index (κ1) is 21.5. The number of halogens is 5. The van der Waals surface area contributed by atoms with Gasteiger partial charge in [-0.2, -0.15) is 0 Å². The maximum Gasteiger partial charge on any atom is 0.573 e. The highest BCUT2D eigenvalue weighted by atomic mass is 35.5. The number of hydrogen-bond acceptors (Lipinski definition) is 3. The van der Waals surface area contributed by atoms with Gasteiger partial charge in [-0.25, -0.2) is 4.39 Å². The summed E-state index contributed by atoms with van der Waals surface area (Å²) in [6, 6.07) is 8.70. The molecule has 2 aromatic rings. The SMILES string of the molecule is O=C(CCNC(=O)c1ccc(F)cc1Cl)NCc1ccccc1OC(F)(F)F. The number of carbonyl (C=O) groups is 2. The van der Waals surface area contributed by atoms with Crippen molar-refractivity contribution in [3.05, 3.63) is 64.4 Å². The van der Waals surface area contributed by atoms with Gasteiger partial charge in [0.05, 0.1) is 10.6 Å². The number of benzene rings is 2. The van der Waals surface area contributed by atoms with Gasteiger partial charge in [-0.15, -0.1) is 13.2 Å². The highest BCUT2D eigenvalue weighted by molar-refractivity contribution is 6.33. The Kier molecular flexibility index (Phi) is 7.22. The number of alkyl halides is 3. The fourth-order valence-corrected chi connectivity index (χ4v) is 2.47. The number of para-hydroxylation sites is 1. The Morgan fingerprint density at radius 1 is 1.07 bits per heavy atom. The van der Waals surface area contributed by atoms with Gasteiger partial charge in [-0.05, 0) is 24.3 Å². The Hall–Kier alpha value is -2.81. The molecule has 10 heteroatoms. The molecule has 28 heavy (non-hydrogen) atoms. The minimum Gasteiger partial charge on any atom is -0.405 e. The van der Waals surface area contributed by atoms with Crippen molar-refractivity contribution in [3.8, 4) is 5.75 Å². The highest BCUT2D eigenvalue weighted by Crippen LogP contribution is 2.26. The van der Waals surface area contributed by atoms with Gasteiger partial charge in [0.1, 0.15) is 11.6 Å². The van der Waals surface area contributed by atoms with Crippen LogP contribution in [0.1, 0.15) is 22.3 Å². The van der Waals surface area contributed by atoms with Crippen molar-refractivity contribution in [2.75, 3.05) is 6.54 Å². The Morgan fingerprint density at radius 2 is 1.79 bits per heavy atom. The predicted molar refractivity (Wildman–Crippen MR) is 93.3 cm³/mol. The second-order valence-electron chi connectivity index (χ2n) is 5.56. The lowest BCUT2D eigenvalue weighted by molar-refractivity contribution is -0.274. The van der Waals surface area contributed by atoms with Crippen LogP contribution in [-0.2, 0) is 11.3 Å². The number of ether oxygens (including phenoxy) is 1. The zero-order valence-corrected chi connectivity index (χ0v) is 15.0. The van der Waals surface area contributed by atoms with Gasteiger partial charge in [0, 0.05) is 25.1 Å². The molecular weight excluding hydrogens is 404 g/mol. The third-order valence-corrected chi connectivity index (χ3v) is 3.80. The summed E-state index contributed by atoms with van der Waals surface area (Å²) >= 11 is 5.77. The molecule has 0 saturated heterocycles. The summed E-state index contributed by atoms with van der Waals surface area (Å²) < 4.78 is 54.0. The maximum absolute atomic E-state index is 13.0. The topological polar surface area (TPSA) is 67.4 Å². The van der Waals surface area contributed by atoms with Gasteiger partial charge < -0.3 is 15.4 Å². The van der Waals surface area contributed by atoms with Crippen LogP contribution < -0.4 is 15.4 Å². The lowest BCUT2D eigenvalue weighted by Gasteiger charge is -2.13. The quantitative estimate of drug-likeness (QED) is 0.672. The summed E-state index contributed by atoms with van der Waals surface area (Å²) in [5, 5.41) is 4.83. The van der Waals surface area contributed by atoms with Crippen LogP contribution >= 0.6 is 11.6 Å². The smallest absolute Gasteiger partial charge is 0.405 e. The van der Waals surface area contributed by atoms with E-state index in [2.05, 4.69) is 15.4 Å². The molecule has 0 aliphatic rings. The minimum atomic E-state index is -4.84. The molecule has 2 N–H and O–H groups in total. The van der Waals surface area contributed by atoms with Crippen molar-refractivity contribution >= 4 is 23.4 Å². The van der Waals surface area contributed by atoms with E-state index in [0.717, 1.165) is 18.2 Å². The fourth-order valence-electron chi connectivity index (χ4n) is 2.21. The second-order valence-corrected chi connectivity index (χ2v) is 5.97. The molecule has 0 bridgehead atoms. The van der Waals surface area contributed by atoms with Crippen LogP contribution in [0.2, 0.25) is 5.02 Å². The summed E-state index contributed by atoms with van der Waals surface area (Å²) in [5.41, 5.74) is 0.206. The van der Waals surface area contributed by atoms with E-state index >= 15 is 0 Å². The average molecular weight is 419 g/mol. The van der Waals surface area contributed by atoms with Crippen LogP contribution in [0.3, 0.4) is 0 Å². The van der Waals surface area contributed by atoms with E-state index in [0.29, 0.717) is 0 Å². The number of rotatable bonds is 7. The van der Waals surface area contributed by atoms with Crippen LogP contribution in [0.5, 0.6) is 5.75 Å². The van der Waals surface area contributed by atoms with Crippen molar-refractivity contribution in [2.45, 2.75) is 19.3 Å². The van der Waals surface area contributed by atoms with Crippen molar-refractivity contribution in [1.82, 2.24) is 10.6 Å². The lowest BCUT2D eigenvalue weighted by Crippen LogP contribution is -2.30. The van der Waals surface area contributed by atoms with Crippen LogP contribution in [0.25, 0.3) is 0 Å². The normalized spacial score (nSPS) is 11.0. The third-order valence-electron chi connectivity index (χ3n) is 3.49. The van der Waals surface area contributed by atoms with Gasteiger partial charge in [0.25, 0.3) is 5.91 Å². The van der Waals surface area contributed by atoms with E-state index in [1.165, 1.54) is 24.3 Å². The van der Waals surface area contributed by atoms with E-state index in [9.17, 15) is 27.2 Å². The van der Waals surface area contributed by atoms with E-state index in [-0.39, 0.29) is 35.7 Å². The number of nitrogens with one attached hydrogen (secondary N) is 2. The molecule has 0 aromatic heterocycles. The van der Waals surface area contributed by atoms with Crippen LogP contribution in [0, 0.1) is 5.82 Å². The molecule has 5 nitrogen and oxygen atoms in total. The van der Waals surface area contributed by atoms with Gasteiger partial charge in [-0.1, -0.05) is 29.8 Å². The maximum atomic E-state index is 13.0. The number of amides is 2. The average Bonchev–Trinajstić information content (AvgIpc) is 2.59. The van der Waals surface area contributed by atoms with E-state index in [1.54, 1.807) is 0 Å². The molecule has 150 valence electrons. The lowest BCUT2D eigenvalue weighted by atomic mass is 10.2. The first-order valence-corrected chi connectivity index (χ1v) is 8.37. The van der Waals surface area contributed by atoms with Gasteiger partial charge >= 0.3 is 6.36 Å². The molecule has 0 radical (unpaired) electrons. The zero-order valence-electron chi connectivity index (χ0n) is 14.3. The third kappa shape index (κ3) is 6.73. The zero-order chi connectivity index (χ0) is 20.7. The van der Waals surface area contributed by atoms with Crippen molar-refractivity contribution in [3.63, 3.8) is 0 Å². The first-order chi connectivity index (χ1) is 13.2. The van der Waals surface area contributed by atoms with Crippen LogP contribution in [0.15, 0.2) is 42.5 Å². The molecule has 0 spiro atoms. The van der Waals surface area contributed by atoms with Gasteiger partial charge in [-0.3, -0.25) is 9.59 Å². The minimum absolute atomic E-state index is 0.0426. The van der Waals surface area contributed by atoms with Gasteiger partial charge in [0.2, 0.25) is 5.91 Å². The summed E-state index contributed by atoms with van der Waals surface area (Å²) in [7, 11) is 0. The molecule has 2 aromatic carbocycles. The molecule has 0 saturated carbocycles. The Morgan fingerprint density at radius 3 is 2.46 bits per heavy atom. The first-order valence-electron chi connectivity index (χ1n) is 7.99. The standard InChI is InChI=1S/C18H15ClF4N2O3/c19-14-9-12(20)5-6-13(14)17(27)24-8-7-16(26)25-10-11-3-1-2-4-15(11)28-18(21,22)23/h1-6,9H,7-8,10H2,(H,24,27)(H,25,26). The van der Waals surface area contributed by atoms with Crippen molar-refractivity contribution < 1.29 is 31.9 Å². The van der Waals surface area contributed by atoms with Crippen molar-refractivity contribution in [1.29, 1.82) is 0 Å². The Bertz CT molecular complexity index is 859. The molecule has 0 aliphatic heterocycles. The molecule has 0 heterocycles. The molecular formula is C18H15ClF4N2O3. The van der Waals surface area contributed by atoms with E-state index in [4.69, 9.17) is 11.6 Å². The van der Waals surface area contributed by atoms with Crippen LogP contribution in [0.4, 0.5) is 17.6 Å². The second kappa shape index (κ2) is 9.41. The molecule has 0 aliphatic carbocycles. The monoisotopic (exact) mass is 418 g/mol. The van der Waals surface area contributed by atoms with Crippen LogP contribution in [-0.4, -0.2) is 24.7 Å². The fraction of sp³-hybridized carbons (Fsp3) is 0.222. The van der Waals surface area contributed by atoms with E-state index < -0.39 is 29.7 Å². The summed E-state index contributed by atoms with van der Waals surface area (Å²) in [6.45, 7) is -0.220. The van der Waals surface area contributed by atoms with E-state index in [1.807, 2.05) is 0 Å². The number of carbonyl (C=O) groups excluding carboxylic acids is 2. The molecule has 2 rings (SSSR count). The predicted octanol–water partition coefficient (Wildman–Crippen LogP) is 3.81. The summed E-state index contributed by atoms with van der Waals surface area (Å²) in [5.74, 6) is -2.07. The van der Waals surface area contributed by atoms with Crippen molar-refractivity contribution in [2.24, 2.45) is 0 Å². The molecule has 2 amide bonds.